The lowest BCUT2D eigenvalue weighted by molar-refractivity contribution is -0.0185. The Balaban J connectivity index is 1.58. The summed E-state index contributed by atoms with van der Waals surface area (Å²) in [7, 11) is 0. The first-order valence-corrected chi connectivity index (χ1v) is 8.57. The maximum Gasteiger partial charge on any atom is 0.189 e. The van der Waals surface area contributed by atoms with E-state index < -0.39 is 0 Å². The molecule has 1 saturated heterocycles. The summed E-state index contributed by atoms with van der Waals surface area (Å²) in [5, 5.41) is 0. The SMILES string of the molecule is Fc1cc2c(c(CN3CCC[C@H]4CCCC[C@@H]43)c1)OCOC2. The van der Waals surface area contributed by atoms with Gasteiger partial charge in [0.05, 0.1) is 6.61 Å². The van der Waals surface area contributed by atoms with Gasteiger partial charge in [-0.3, -0.25) is 4.90 Å². The van der Waals surface area contributed by atoms with E-state index in [2.05, 4.69) is 4.90 Å². The minimum absolute atomic E-state index is 0.181. The zero-order valence-corrected chi connectivity index (χ0v) is 13.0. The Morgan fingerprint density at radius 2 is 2.00 bits per heavy atom. The molecule has 1 aliphatic carbocycles. The quantitative estimate of drug-likeness (QED) is 0.828. The van der Waals surface area contributed by atoms with Gasteiger partial charge in [-0.15, -0.1) is 0 Å². The van der Waals surface area contributed by atoms with Crippen LogP contribution in [-0.4, -0.2) is 24.3 Å². The highest BCUT2D eigenvalue weighted by Gasteiger charge is 2.33. The predicted octanol–water partition coefficient (Wildman–Crippen LogP) is 3.85. The van der Waals surface area contributed by atoms with Gasteiger partial charge in [-0.2, -0.15) is 0 Å². The lowest BCUT2D eigenvalue weighted by atomic mass is 9.78. The standard InChI is InChI=1S/C18H24FNO2/c19-16-8-14(18-15(9-16)11-21-12-22-18)10-20-7-3-5-13-4-1-2-6-17(13)20/h8-9,13,17H,1-7,10-12H2/t13-,17+/m1/s1. The lowest BCUT2D eigenvalue weighted by Crippen LogP contribution is -2.46. The Bertz CT molecular complexity index is 546. The van der Waals surface area contributed by atoms with Crippen LogP contribution in [0.2, 0.25) is 0 Å². The molecule has 2 heterocycles. The third-order valence-electron chi connectivity index (χ3n) is 5.48. The van der Waals surface area contributed by atoms with Crippen LogP contribution in [-0.2, 0) is 17.9 Å². The van der Waals surface area contributed by atoms with Crippen LogP contribution in [0.25, 0.3) is 0 Å². The molecule has 2 fully saturated rings. The van der Waals surface area contributed by atoms with Gasteiger partial charge in [0, 0.05) is 23.7 Å². The minimum Gasteiger partial charge on any atom is -0.467 e. The number of hydrogen-bond donors (Lipinski definition) is 0. The Kier molecular flexibility index (Phi) is 4.05. The van der Waals surface area contributed by atoms with E-state index >= 15 is 0 Å². The topological polar surface area (TPSA) is 21.7 Å². The Morgan fingerprint density at radius 1 is 1.14 bits per heavy atom. The molecule has 0 bridgehead atoms. The van der Waals surface area contributed by atoms with Crippen LogP contribution in [0.15, 0.2) is 12.1 Å². The van der Waals surface area contributed by atoms with E-state index in [0.717, 1.165) is 35.9 Å². The molecule has 3 nitrogen and oxygen atoms in total. The minimum atomic E-state index is -0.181. The van der Waals surface area contributed by atoms with Crippen molar-refractivity contribution in [2.45, 2.75) is 57.7 Å². The molecule has 0 spiro atoms. The van der Waals surface area contributed by atoms with E-state index in [9.17, 15) is 4.39 Å². The molecule has 0 aromatic heterocycles. The van der Waals surface area contributed by atoms with Gasteiger partial charge in [0.25, 0.3) is 0 Å². The van der Waals surface area contributed by atoms with Crippen LogP contribution in [0.5, 0.6) is 5.75 Å². The third-order valence-corrected chi connectivity index (χ3v) is 5.48. The number of piperidine rings is 1. The molecule has 22 heavy (non-hydrogen) atoms. The fourth-order valence-electron chi connectivity index (χ4n) is 4.52. The molecule has 1 aromatic rings. The fraction of sp³-hybridized carbons (Fsp3) is 0.667. The Morgan fingerprint density at radius 3 is 2.95 bits per heavy atom. The van der Waals surface area contributed by atoms with Gasteiger partial charge in [-0.1, -0.05) is 12.8 Å². The predicted molar refractivity (Wildman–Crippen MR) is 82.1 cm³/mol. The summed E-state index contributed by atoms with van der Waals surface area (Å²) in [4.78, 5) is 2.57. The molecule has 120 valence electrons. The monoisotopic (exact) mass is 305 g/mol. The van der Waals surface area contributed by atoms with Crippen molar-refractivity contribution in [1.29, 1.82) is 0 Å². The normalized spacial score (nSPS) is 28.6. The number of halogens is 1. The third kappa shape index (κ3) is 2.74. The van der Waals surface area contributed by atoms with Crippen molar-refractivity contribution in [2.24, 2.45) is 5.92 Å². The van der Waals surface area contributed by atoms with Crippen molar-refractivity contribution in [2.75, 3.05) is 13.3 Å². The highest BCUT2D eigenvalue weighted by Crippen LogP contribution is 2.38. The first kappa shape index (κ1) is 14.5. The number of ether oxygens (including phenoxy) is 2. The second-order valence-corrected chi connectivity index (χ2v) is 6.89. The summed E-state index contributed by atoms with van der Waals surface area (Å²) in [6.45, 7) is 2.66. The van der Waals surface area contributed by atoms with Gasteiger partial charge < -0.3 is 9.47 Å². The van der Waals surface area contributed by atoms with Gasteiger partial charge >= 0.3 is 0 Å². The van der Waals surface area contributed by atoms with Crippen LogP contribution < -0.4 is 4.74 Å². The molecule has 0 N–H and O–H groups in total. The number of likely N-dealkylation sites (tertiary alicyclic amines) is 1. The van der Waals surface area contributed by atoms with Gasteiger partial charge in [0.15, 0.2) is 6.79 Å². The zero-order chi connectivity index (χ0) is 14.9. The summed E-state index contributed by atoms with van der Waals surface area (Å²) in [6, 6.07) is 3.87. The van der Waals surface area contributed by atoms with E-state index in [-0.39, 0.29) is 12.6 Å². The maximum absolute atomic E-state index is 13.9. The highest BCUT2D eigenvalue weighted by atomic mass is 19.1. The molecule has 4 rings (SSSR count). The molecule has 4 heteroatoms. The van der Waals surface area contributed by atoms with E-state index in [4.69, 9.17) is 9.47 Å². The number of hydrogen-bond acceptors (Lipinski definition) is 3. The number of benzene rings is 1. The molecule has 0 radical (unpaired) electrons. The number of nitrogens with zero attached hydrogens (tertiary/aromatic N) is 1. The summed E-state index contributed by atoms with van der Waals surface area (Å²) in [5.41, 5.74) is 1.84. The number of rotatable bonds is 2. The van der Waals surface area contributed by atoms with Crippen LogP contribution >= 0.6 is 0 Å². The van der Waals surface area contributed by atoms with Gasteiger partial charge in [0.1, 0.15) is 11.6 Å². The number of fused-ring (bicyclic) bond motifs is 2. The smallest absolute Gasteiger partial charge is 0.189 e. The average Bonchev–Trinajstić information content (AvgIpc) is 2.55. The van der Waals surface area contributed by atoms with Crippen molar-refractivity contribution < 1.29 is 13.9 Å². The van der Waals surface area contributed by atoms with Gasteiger partial charge in [-0.05, 0) is 50.3 Å². The molecular formula is C18H24FNO2. The van der Waals surface area contributed by atoms with Crippen LogP contribution in [0, 0.1) is 11.7 Å². The van der Waals surface area contributed by atoms with Crippen molar-refractivity contribution in [3.63, 3.8) is 0 Å². The summed E-state index contributed by atoms with van der Waals surface area (Å²) < 4.78 is 24.9. The highest BCUT2D eigenvalue weighted by molar-refractivity contribution is 5.42. The van der Waals surface area contributed by atoms with E-state index in [1.807, 2.05) is 0 Å². The van der Waals surface area contributed by atoms with Crippen molar-refractivity contribution >= 4 is 0 Å². The fourth-order valence-corrected chi connectivity index (χ4v) is 4.52. The molecule has 3 aliphatic rings. The van der Waals surface area contributed by atoms with Crippen LogP contribution in [0.4, 0.5) is 4.39 Å². The molecule has 2 aliphatic heterocycles. The Labute approximate surface area is 131 Å². The second-order valence-electron chi connectivity index (χ2n) is 6.89. The molecule has 0 unspecified atom stereocenters. The van der Waals surface area contributed by atoms with E-state index in [1.54, 1.807) is 6.07 Å². The van der Waals surface area contributed by atoms with Crippen molar-refractivity contribution in [3.8, 4) is 5.75 Å². The van der Waals surface area contributed by atoms with E-state index in [0.29, 0.717) is 12.6 Å². The first-order valence-electron chi connectivity index (χ1n) is 8.57. The maximum atomic E-state index is 13.9. The second kappa shape index (κ2) is 6.17. The Hall–Kier alpha value is -1.13. The summed E-state index contributed by atoms with van der Waals surface area (Å²) in [5.74, 6) is 1.52. The summed E-state index contributed by atoms with van der Waals surface area (Å²) in [6.07, 6.45) is 8.02. The average molecular weight is 305 g/mol. The van der Waals surface area contributed by atoms with Crippen LogP contribution in [0.3, 0.4) is 0 Å². The van der Waals surface area contributed by atoms with Gasteiger partial charge in [0.2, 0.25) is 0 Å². The molecule has 1 aromatic carbocycles. The molecular weight excluding hydrogens is 281 g/mol. The lowest BCUT2D eigenvalue weighted by Gasteiger charge is -2.44. The first-order chi connectivity index (χ1) is 10.8. The summed E-state index contributed by atoms with van der Waals surface area (Å²) >= 11 is 0. The van der Waals surface area contributed by atoms with Crippen molar-refractivity contribution in [3.05, 3.63) is 29.1 Å². The molecule has 1 saturated carbocycles. The largest absolute Gasteiger partial charge is 0.467 e. The van der Waals surface area contributed by atoms with Crippen molar-refractivity contribution in [1.82, 2.24) is 4.90 Å². The van der Waals surface area contributed by atoms with Crippen LogP contribution in [0.1, 0.15) is 49.7 Å². The molecule has 2 atom stereocenters. The van der Waals surface area contributed by atoms with Gasteiger partial charge in [-0.25, -0.2) is 4.39 Å². The molecule has 0 amide bonds. The zero-order valence-electron chi connectivity index (χ0n) is 13.0. The van der Waals surface area contributed by atoms with E-state index in [1.165, 1.54) is 44.6 Å².